The molecule has 0 saturated carbocycles. The number of imidazole rings is 1. The summed E-state index contributed by atoms with van der Waals surface area (Å²) in [5, 5.41) is 6.33. The molecule has 0 fully saturated rings. The molecule has 134 valence electrons. The number of fused-ring (bicyclic) bond motifs is 3. The van der Waals surface area contributed by atoms with E-state index >= 15 is 0 Å². The van der Waals surface area contributed by atoms with Crippen LogP contribution in [0.15, 0.2) is 48.5 Å². The molecule has 1 amide bonds. The van der Waals surface area contributed by atoms with Gasteiger partial charge in [-0.05, 0) is 23.8 Å². The summed E-state index contributed by atoms with van der Waals surface area (Å²) in [6.45, 7) is 4.31. The monoisotopic (exact) mass is 350 g/mol. The minimum absolute atomic E-state index is 0.0837. The molecule has 1 aliphatic heterocycles. The van der Waals surface area contributed by atoms with Crippen LogP contribution < -0.4 is 10.6 Å². The number of hydrogen-bond acceptors (Lipinski definition) is 4. The molecule has 0 unspecified atom stereocenters. The van der Waals surface area contributed by atoms with E-state index in [-0.39, 0.29) is 11.9 Å². The molecule has 2 N–H and O–H groups in total. The lowest BCUT2D eigenvalue weighted by Crippen LogP contribution is -2.32. The van der Waals surface area contributed by atoms with Crippen LogP contribution in [0.2, 0.25) is 0 Å². The SMILES string of the molecule is CC(=O)Nc1ccc2c(c1)nc1n2[C@@H](CNCc2ccccc2)COC1. The molecule has 6 heteroatoms. The number of hydrogen-bond donors (Lipinski definition) is 2. The molecule has 0 aliphatic carbocycles. The van der Waals surface area contributed by atoms with Crippen LogP contribution in [0.5, 0.6) is 0 Å². The molecule has 3 aromatic rings. The molecule has 1 atom stereocenters. The van der Waals surface area contributed by atoms with Gasteiger partial charge >= 0.3 is 0 Å². The van der Waals surface area contributed by atoms with E-state index in [0.717, 1.165) is 35.6 Å². The first kappa shape index (κ1) is 16.8. The van der Waals surface area contributed by atoms with Crippen LogP contribution in [0.25, 0.3) is 11.0 Å². The van der Waals surface area contributed by atoms with Crippen molar-refractivity contribution < 1.29 is 9.53 Å². The third-order valence-corrected chi connectivity index (χ3v) is 4.54. The number of aromatic nitrogens is 2. The van der Waals surface area contributed by atoms with Crippen LogP contribution in [0.1, 0.15) is 24.4 Å². The van der Waals surface area contributed by atoms with Gasteiger partial charge in [-0.2, -0.15) is 0 Å². The van der Waals surface area contributed by atoms with Crippen molar-refractivity contribution in [1.82, 2.24) is 14.9 Å². The van der Waals surface area contributed by atoms with E-state index in [4.69, 9.17) is 9.72 Å². The predicted molar refractivity (Wildman–Crippen MR) is 101 cm³/mol. The van der Waals surface area contributed by atoms with Gasteiger partial charge < -0.3 is 19.9 Å². The zero-order valence-corrected chi connectivity index (χ0v) is 14.7. The first-order chi connectivity index (χ1) is 12.7. The van der Waals surface area contributed by atoms with Gasteiger partial charge in [-0.3, -0.25) is 4.79 Å². The highest BCUT2D eigenvalue weighted by molar-refractivity contribution is 5.91. The number of amides is 1. The largest absolute Gasteiger partial charge is 0.371 e. The van der Waals surface area contributed by atoms with E-state index in [1.807, 2.05) is 24.3 Å². The summed E-state index contributed by atoms with van der Waals surface area (Å²) in [5.41, 5.74) is 3.98. The third-order valence-electron chi connectivity index (χ3n) is 4.54. The topological polar surface area (TPSA) is 68.2 Å². The number of ether oxygens (including phenoxy) is 1. The van der Waals surface area contributed by atoms with Crippen molar-refractivity contribution in [1.29, 1.82) is 0 Å². The van der Waals surface area contributed by atoms with Gasteiger partial charge in [0.1, 0.15) is 12.4 Å². The average Bonchev–Trinajstić information content (AvgIpc) is 3.00. The molecule has 4 rings (SSSR count). The number of carbonyl (C=O) groups excluding carboxylic acids is 1. The van der Waals surface area contributed by atoms with Crippen LogP contribution in [0, 0.1) is 0 Å². The number of anilines is 1. The third kappa shape index (κ3) is 3.47. The van der Waals surface area contributed by atoms with E-state index in [1.165, 1.54) is 12.5 Å². The van der Waals surface area contributed by atoms with Gasteiger partial charge in [-0.25, -0.2) is 4.98 Å². The molecule has 6 nitrogen and oxygen atoms in total. The van der Waals surface area contributed by atoms with E-state index in [1.54, 1.807) is 0 Å². The predicted octanol–water partition coefficient (Wildman–Crippen LogP) is 2.86. The molecule has 0 radical (unpaired) electrons. The number of nitrogens with one attached hydrogen (secondary N) is 2. The van der Waals surface area contributed by atoms with Crippen LogP contribution in [0.3, 0.4) is 0 Å². The highest BCUT2D eigenvalue weighted by Crippen LogP contribution is 2.27. The summed E-state index contributed by atoms with van der Waals surface area (Å²) in [5.74, 6) is 0.845. The maximum Gasteiger partial charge on any atom is 0.221 e. The highest BCUT2D eigenvalue weighted by Gasteiger charge is 2.23. The molecule has 0 saturated heterocycles. The molecule has 2 heterocycles. The Balaban J connectivity index is 1.53. The quantitative estimate of drug-likeness (QED) is 0.742. The van der Waals surface area contributed by atoms with Gasteiger partial charge in [-0.15, -0.1) is 0 Å². The second kappa shape index (κ2) is 7.27. The Morgan fingerprint density at radius 2 is 2.12 bits per heavy atom. The van der Waals surface area contributed by atoms with Gasteiger partial charge in [0.2, 0.25) is 5.91 Å². The van der Waals surface area contributed by atoms with Crippen molar-refractivity contribution in [3.8, 4) is 0 Å². The molecule has 2 aromatic carbocycles. The normalized spacial score (nSPS) is 16.4. The first-order valence-corrected chi connectivity index (χ1v) is 8.81. The second-order valence-corrected chi connectivity index (χ2v) is 6.57. The summed E-state index contributed by atoms with van der Waals surface area (Å²) in [4.78, 5) is 16.0. The molecule has 1 aliphatic rings. The maximum absolute atomic E-state index is 11.3. The van der Waals surface area contributed by atoms with E-state index in [2.05, 4.69) is 39.5 Å². The standard InChI is InChI=1S/C20H22N4O2/c1-14(25)22-16-7-8-19-18(9-16)23-20-13-26-12-17(24(19)20)11-21-10-15-5-3-2-4-6-15/h2-9,17,21H,10-13H2,1H3,(H,22,25)/t17-/m0/s1. The number of nitrogens with zero attached hydrogens (tertiary/aromatic N) is 2. The van der Waals surface area contributed by atoms with Crippen molar-refractivity contribution in [3.63, 3.8) is 0 Å². The Labute approximate surface area is 152 Å². The summed E-state index contributed by atoms with van der Waals surface area (Å²) in [7, 11) is 0. The summed E-state index contributed by atoms with van der Waals surface area (Å²) >= 11 is 0. The number of rotatable bonds is 5. The first-order valence-electron chi connectivity index (χ1n) is 8.81. The maximum atomic E-state index is 11.3. The van der Waals surface area contributed by atoms with Gasteiger partial charge in [0.05, 0.1) is 23.7 Å². The van der Waals surface area contributed by atoms with Crippen molar-refractivity contribution in [2.24, 2.45) is 0 Å². The van der Waals surface area contributed by atoms with Crippen molar-refractivity contribution in [2.45, 2.75) is 26.1 Å². The van der Waals surface area contributed by atoms with Crippen molar-refractivity contribution in [3.05, 3.63) is 59.9 Å². The van der Waals surface area contributed by atoms with E-state index in [9.17, 15) is 4.79 Å². The van der Waals surface area contributed by atoms with E-state index < -0.39 is 0 Å². The van der Waals surface area contributed by atoms with Crippen LogP contribution in [-0.2, 0) is 22.7 Å². The average molecular weight is 350 g/mol. The van der Waals surface area contributed by atoms with Gasteiger partial charge in [0, 0.05) is 25.7 Å². The van der Waals surface area contributed by atoms with Crippen molar-refractivity contribution in [2.75, 3.05) is 18.5 Å². The Morgan fingerprint density at radius 3 is 2.92 bits per heavy atom. The van der Waals surface area contributed by atoms with Gasteiger partial charge in [0.15, 0.2) is 0 Å². The van der Waals surface area contributed by atoms with Gasteiger partial charge in [0.25, 0.3) is 0 Å². The van der Waals surface area contributed by atoms with Crippen LogP contribution >= 0.6 is 0 Å². The molecule has 26 heavy (non-hydrogen) atoms. The zero-order valence-electron chi connectivity index (χ0n) is 14.7. The fourth-order valence-electron chi connectivity index (χ4n) is 3.43. The summed E-state index contributed by atoms with van der Waals surface area (Å²) < 4.78 is 8.00. The molecular formula is C20H22N4O2. The Bertz CT molecular complexity index is 920. The summed E-state index contributed by atoms with van der Waals surface area (Å²) in [6.07, 6.45) is 0. The number of carbonyl (C=O) groups is 1. The minimum Gasteiger partial charge on any atom is -0.371 e. The lowest BCUT2D eigenvalue weighted by Gasteiger charge is -2.26. The van der Waals surface area contributed by atoms with Crippen molar-refractivity contribution >= 4 is 22.6 Å². The Hall–Kier alpha value is -2.70. The lowest BCUT2D eigenvalue weighted by molar-refractivity contribution is -0.114. The minimum atomic E-state index is -0.0837. The van der Waals surface area contributed by atoms with E-state index in [0.29, 0.717) is 13.2 Å². The molecule has 0 bridgehead atoms. The Morgan fingerprint density at radius 1 is 1.27 bits per heavy atom. The smallest absolute Gasteiger partial charge is 0.221 e. The second-order valence-electron chi connectivity index (χ2n) is 6.57. The lowest BCUT2D eigenvalue weighted by atomic mass is 10.2. The fourth-order valence-corrected chi connectivity index (χ4v) is 3.43. The number of benzene rings is 2. The molecule has 1 aromatic heterocycles. The molecular weight excluding hydrogens is 328 g/mol. The zero-order chi connectivity index (χ0) is 17.9. The van der Waals surface area contributed by atoms with Gasteiger partial charge in [-0.1, -0.05) is 30.3 Å². The molecule has 0 spiro atoms. The van der Waals surface area contributed by atoms with Crippen LogP contribution in [-0.4, -0.2) is 28.6 Å². The fraction of sp³-hybridized carbons (Fsp3) is 0.300. The highest BCUT2D eigenvalue weighted by atomic mass is 16.5. The van der Waals surface area contributed by atoms with Crippen LogP contribution in [0.4, 0.5) is 5.69 Å². The summed E-state index contributed by atoms with van der Waals surface area (Å²) in [6, 6.07) is 16.4. The Kier molecular flexibility index (Phi) is 4.69.